The quantitative estimate of drug-likeness (QED) is 0.698. The second kappa shape index (κ2) is 3.81. The van der Waals surface area contributed by atoms with E-state index in [-0.39, 0.29) is 5.78 Å². The molecule has 1 N–H and O–H groups in total. The highest BCUT2D eigenvalue weighted by Crippen LogP contribution is 2.41. The summed E-state index contributed by atoms with van der Waals surface area (Å²) in [5, 5.41) is 4.05. The fourth-order valence-electron chi connectivity index (χ4n) is 2.86. The van der Waals surface area contributed by atoms with Crippen molar-refractivity contribution in [1.82, 2.24) is 5.32 Å². The minimum absolute atomic E-state index is 0.0661. The Morgan fingerprint density at radius 1 is 1.24 bits per heavy atom. The Morgan fingerprint density at radius 3 is 2.71 bits per heavy atom. The van der Waals surface area contributed by atoms with Crippen LogP contribution in [0.15, 0.2) is 24.3 Å². The summed E-state index contributed by atoms with van der Waals surface area (Å²) in [4.78, 5) is 12.1. The molecule has 0 aromatic heterocycles. The molecule has 1 spiro atoms. The summed E-state index contributed by atoms with van der Waals surface area (Å²) in [6.45, 7) is 1.55. The minimum Gasteiger partial charge on any atom is -0.317 e. The molecule has 2 heterocycles. The molecule has 4 heteroatoms. The minimum atomic E-state index is -0.614. The maximum atomic E-state index is 14.5. The number of anilines is 1. The second-order valence-electron chi connectivity index (χ2n) is 4.87. The predicted molar refractivity (Wildman–Crippen MR) is 63.8 cm³/mol. The van der Waals surface area contributed by atoms with E-state index in [1.807, 2.05) is 0 Å². The average molecular weight is 234 g/mol. The lowest BCUT2D eigenvalue weighted by Crippen LogP contribution is -2.55. The number of ketones is 1. The van der Waals surface area contributed by atoms with Crippen LogP contribution in [-0.2, 0) is 0 Å². The number of benzene rings is 1. The molecule has 90 valence electrons. The van der Waals surface area contributed by atoms with E-state index >= 15 is 0 Å². The molecular formula is C13H15FN2O. The van der Waals surface area contributed by atoms with Crippen molar-refractivity contribution in [3.05, 3.63) is 29.8 Å². The zero-order valence-corrected chi connectivity index (χ0v) is 9.58. The van der Waals surface area contributed by atoms with E-state index < -0.39 is 5.54 Å². The van der Waals surface area contributed by atoms with E-state index in [9.17, 15) is 9.28 Å². The first-order valence-electron chi connectivity index (χ1n) is 6.02. The topological polar surface area (TPSA) is 32.3 Å². The Kier molecular flexibility index (Phi) is 2.40. The Bertz CT molecular complexity index is 454. The SMILES string of the molecule is O=C1CC2(CCNCC2)N(F)c2ccccc21. The molecule has 3 nitrogen and oxygen atoms in total. The fraction of sp³-hybridized carbons (Fsp3) is 0.462. The number of carbonyl (C=O) groups excluding carboxylic acids is 1. The van der Waals surface area contributed by atoms with Gasteiger partial charge in [-0.25, -0.2) is 5.12 Å². The van der Waals surface area contributed by atoms with Crippen LogP contribution < -0.4 is 10.4 Å². The molecule has 0 aliphatic carbocycles. The van der Waals surface area contributed by atoms with Crippen molar-refractivity contribution in [2.45, 2.75) is 24.8 Å². The maximum absolute atomic E-state index is 14.5. The maximum Gasteiger partial charge on any atom is 0.167 e. The first-order chi connectivity index (χ1) is 8.23. The number of halogens is 1. The Hall–Kier alpha value is -1.42. The van der Waals surface area contributed by atoms with E-state index in [2.05, 4.69) is 5.32 Å². The van der Waals surface area contributed by atoms with Crippen molar-refractivity contribution in [3.63, 3.8) is 0 Å². The van der Waals surface area contributed by atoms with Crippen molar-refractivity contribution in [1.29, 1.82) is 0 Å². The molecule has 2 aliphatic rings. The van der Waals surface area contributed by atoms with E-state index in [1.54, 1.807) is 24.3 Å². The van der Waals surface area contributed by atoms with Gasteiger partial charge in [-0.2, -0.15) is 0 Å². The molecule has 17 heavy (non-hydrogen) atoms. The van der Waals surface area contributed by atoms with Crippen LogP contribution in [-0.4, -0.2) is 24.4 Å². The number of nitrogens with one attached hydrogen (secondary N) is 1. The summed E-state index contributed by atoms with van der Waals surface area (Å²) in [6.07, 6.45) is 1.66. The third kappa shape index (κ3) is 1.55. The van der Waals surface area contributed by atoms with Crippen LogP contribution in [0.1, 0.15) is 29.6 Å². The molecule has 2 aliphatic heterocycles. The number of rotatable bonds is 0. The van der Waals surface area contributed by atoms with E-state index in [1.165, 1.54) is 0 Å². The number of carbonyl (C=O) groups is 1. The molecule has 0 atom stereocenters. The summed E-state index contributed by atoms with van der Waals surface area (Å²) >= 11 is 0. The van der Waals surface area contributed by atoms with Crippen LogP contribution in [0.25, 0.3) is 0 Å². The van der Waals surface area contributed by atoms with Crippen LogP contribution >= 0.6 is 0 Å². The zero-order valence-electron chi connectivity index (χ0n) is 9.58. The van der Waals surface area contributed by atoms with Crippen LogP contribution in [0.5, 0.6) is 0 Å². The highest BCUT2D eigenvalue weighted by Gasteiger charge is 2.45. The van der Waals surface area contributed by atoms with Gasteiger partial charge in [-0.05, 0) is 38.1 Å². The van der Waals surface area contributed by atoms with Gasteiger partial charge in [0.25, 0.3) is 0 Å². The average Bonchev–Trinajstić information content (AvgIpc) is 2.37. The lowest BCUT2D eigenvalue weighted by Gasteiger charge is -2.45. The first-order valence-corrected chi connectivity index (χ1v) is 6.02. The summed E-state index contributed by atoms with van der Waals surface area (Å²) in [6, 6.07) is 6.96. The van der Waals surface area contributed by atoms with Crippen LogP contribution in [0.3, 0.4) is 0 Å². The molecular weight excluding hydrogens is 219 g/mol. The number of nitrogens with zero attached hydrogens (tertiary/aromatic N) is 1. The number of fused-ring (bicyclic) bond motifs is 1. The Labute approximate surface area is 99.5 Å². The number of hydrogen-bond donors (Lipinski definition) is 1. The largest absolute Gasteiger partial charge is 0.317 e. The van der Waals surface area contributed by atoms with Crippen molar-refractivity contribution in [2.24, 2.45) is 0 Å². The van der Waals surface area contributed by atoms with Gasteiger partial charge in [-0.15, -0.1) is 0 Å². The monoisotopic (exact) mass is 234 g/mol. The molecule has 1 fully saturated rings. The van der Waals surface area contributed by atoms with Gasteiger partial charge < -0.3 is 5.32 Å². The fourth-order valence-corrected chi connectivity index (χ4v) is 2.86. The van der Waals surface area contributed by atoms with Crippen LogP contribution in [0.2, 0.25) is 0 Å². The van der Waals surface area contributed by atoms with E-state index in [4.69, 9.17) is 0 Å². The molecule has 1 saturated heterocycles. The highest BCUT2D eigenvalue weighted by molar-refractivity contribution is 6.04. The van der Waals surface area contributed by atoms with Crippen molar-refractivity contribution < 1.29 is 9.28 Å². The van der Waals surface area contributed by atoms with Gasteiger partial charge in [0.15, 0.2) is 5.78 Å². The number of para-hydroxylation sites is 1. The van der Waals surface area contributed by atoms with Crippen molar-refractivity contribution >= 4 is 11.5 Å². The highest BCUT2D eigenvalue weighted by atomic mass is 19.2. The molecule has 1 aromatic rings. The molecule has 0 radical (unpaired) electrons. The summed E-state index contributed by atoms with van der Waals surface area (Å²) in [5.41, 5.74) is 0.334. The van der Waals surface area contributed by atoms with Gasteiger partial charge in [0.2, 0.25) is 0 Å². The molecule has 0 bridgehead atoms. The lowest BCUT2D eigenvalue weighted by atomic mass is 9.78. The summed E-state index contributed by atoms with van der Waals surface area (Å²) in [7, 11) is 0. The first kappa shape index (κ1) is 10.7. The summed E-state index contributed by atoms with van der Waals surface area (Å²) < 4.78 is 14.5. The molecule has 0 saturated carbocycles. The van der Waals surface area contributed by atoms with Crippen LogP contribution in [0.4, 0.5) is 10.2 Å². The third-order valence-corrected chi connectivity index (χ3v) is 3.86. The van der Waals surface area contributed by atoms with E-state index in [0.717, 1.165) is 18.2 Å². The van der Waals surface area contributed by atoms with Gasteiger partial charge in [0.1, 0.15) is 0 Å². The van der Waals surface area contributed by atoms with Crippen molar-refractivity contribution in [3.8, 4) is 0 Å². The molecule has 1 aromatic carbocycles. The number of Topliss-reactive ketones (excluding diaryl/α,β-unsaturated/α-hetero) is 1. The molecule has 3 rings (SSSR count). The van der Waals surface area contributed by atoms with Crippen LogP contribution in [0, 0.1) is 0 Å². The number of hydrogen-bond acceptors (Lipinski definition) is 3. The van der Waals surface area contributed by atoms with E-state index in [0.29, 0.717) is 30.5 Å². The third-order valence-electron chi connectivity index (χ3n) is 3.86. The zero-order chi connectivity index (χ0) is 11.9. The summed E-state index contributed by atoms with van der Waals surface area (Å²) in [5.74, 6) is 0.0661. The standard InChI is InChI=1S/C13H15FN2O/c14-16-11-4-2-1-3-10(11)12(17)9-13(16)5-7-15-8-6-13/h1-4,15H,5-9H2. The smallest absolute Gasteiger partial charge is 0.167 e. The van der Waals surface area contributed by atoms with Gasteiger partial charge in [-0.3, -0.25) is 4.79 Å². The van der Waals surface area contributed by atoms with Gasteiger partial charge in [-0.1, -0.05) is 16.6 Å². The van der Waals surface area contributed by atoms with Crippen molar-refractivity contribution in [2.75, 3.05) is 18.2 Å². The van der Waals surface area contributed by atoms with Gasteiger partial charge in [0, 0.05) is 12.0 Å². The Balaban J connectivity index is 2.05. The molecule has 0 amide bonds. The second-order valence-corrected chi connectivity index (χ2v) is 4.87. The number of piperidine rings is 1. The Morgan fingerprint density at radius 2 is 1.94 bits per heavy atom. The molecule has 0 unspecified atom stereocenters. The van der Waals surface area contributed by atoms with Gasteiger partial charge >= 0.3 is 0 Å². The van der Waals surface area contributed by atoms with Gasteiger partial charge in [0.05, 0.1) is 11.2 Å². The lowest BCUT2D eigenvalue weighted by molar-refractivity contribution is 0.0870. The normalized spacial score (nSPS) is 22.6. The predicted octanol–water partition coefficient (Wildman–Crippen LogP) is 2.09.